The standard InChI is InChI=1S/C15H20BN3O2S/c1-14(2)15(3,4)21-16(20-14)11(10-22)8-12-9-17-13-6-5-7-18-19(12)13/h5-9,22H,10H2,1-4H3. The van der Waals surface area contributed by atoms with Crippen molar-refractivity contribution in [3.05, 3.63) is 35.7 Å². The molecule has 1 aliphatic heterocycles. The lowest BCUT2D eigenvalue weighted by atomic mass is 9.78. The molecule has 3 rings (SSSR count). The zero-order valence-corrected chi connectivity index (χ0v) is 14.2. The van der Waals surface area contributed by atoms with Crippen LogP contribution in [0, 0.1) is 0 Å². The first-order valence-electron chi connectivity index (χ1n) is 7.30. The molecule has 0 unspecified atom stereocenters. The van der Waals surface area contributed by atoms with E-state index in [2.05, 4.69) is 22.7 Å². The molecular formula is C15H20BN3O2S. The third kappa shape index (κ3) is 2.57. The number of imidazole rings is 1. The SMILES string of the molecule is CC1(C)OB(C(=Cc2cnc3cccnn23)CS)OC1(C)C. The summed E-state index contributed by atoms with van der Waals surface area (Å²) in [4.78, 5) is 4.34. The zero-order valence-electron chi connectivity index (χ0n) is 13.3. The van der Waals surface area contributed by atoms with Crippen LogP contribution in [-0.4, -0.2) is 38.7 Å². The van der Waals surface area contributed by atoms with E-state index >= 15 is 0 Å². The molecule has 1 fully saturated rings. The molecule has 0 bridgehead atoms. The van der Waals surface area contributed by atoms with Crippen molar-refractivity contribution in [3.63, 3.8) is 0 Å². The van der Waals surface area contributed by atoms with Crippen molar-refractivity contribution in [3.8, 4) is 0 Å². The largest absolute Gasteiger partial charge is 0.491 e. The molecule has 7 heteroatoms. The van der Waals surface area contributed by atoms with Crippen molar-refractivity contribution >= 4 is 31.5 Å². The van der Waals surface area contributed by atoms with Crippen molar-refractivity contribution in [1.82, 2.24) is 14.6 Å². The van der Waals surface area contributed by atoms with Crippen molar-refractivity contribution in [2.75, 3.05) is 5.75 Å². The van der Waals surface area contributed by atoms with E-state index in [9.17, 15) is 0 Å². The quantitative estimate of drug-likeness (QED) is 0.698. The maximum absolute atomic E-state index is 6.09. The molecule has 0 aliphatic carbocycles. The Morgan fingerprint density at radius 1 is 1.32 bits per heavy atom. The van der Waals surface area contributed by atoms with Crippen LogP contribution in [0.2, 0.25) is 0 Å². The van der Waals surface area contributed by atoms with Crippen molar-refractivity contribution < 1.29 is 9.31 Å². The van der Waals surface area contributed by atoms with Gasteiger partial charge in [-0.15, -0.1) is 0 Å². The normalized spacial score (nSPS) is 20.8. The fourth-order valence-corrected chi connectivity index (χ4v) is 2.56. The minimum Gasteiger partial charge on any atom is -0.400 e. The van der Waals surface area contributed by atoms with Crippen LogP contribution in [-0.2, 0) is 9.31 Å². The van der Waals surface area contributed by atoms with Crippen LogP contribution in [0.1, 0.15) is 33.4 Å². The summed E-state index contributed by atoms with van der Waals surface area (Å²) in [5, 5.41) is 4.32. The minimum absolute atomic E-state index is 0.364. The number of hydrogen-bond acceptors (Lipinski definition) is 5. The lowest BCUT2D eigenvalue weighted by Crippen LogP contribution is -2.41. The van der Waals surface area contributed by atoms with Gasteiger partial charge in [-0.1, -0.05) is 0 Å². The van der Waals surface area contributed by atoms with E-state index in [1.54, 1.807) is 16.9 Å². The monoisotopic (exact) mass is 317 g/mol. The topological polar surface area (TPSA) is 48.7 Å². The first-order chi connectivity index (χ1) is 10.3. The van der Waals surface area contributed by atoms with Gasteiger partial charge in [0.1, 0.15) is 0 Å². The van der Waals surface area contributed by atoms with E-state index in [-0.39, 0.29) is 11.2 Å². The number of hydrogen-bond donors (Lipinski definition) is 1. The second-order valence-corrected chi connectivity index (χ2v) is 6.76. The van der Waals surface area contributed by atoms with Gasteiger partial charge >= 0.3 is 7.12 Å². The highest BCUT2D eigenvalue weighted by Crippen LogP contribution is 2.38. The molecule has 0 aromatic carbocycles. The average molecular weight is 317 g/mol. The molecule has 116 valence electrons. The van der Waals surface area contributed by atoms with Gasteiger partial charge < -0.3 is 9.31 Å². The summed E-state index contributed by atoms with van der Waals surface area (Å²) < 4.78 is 14.0. The Balaban J connectivity index is 1.95. The smallest absolute Gasteiger partial charge is 0.400 e. The third-order valence-electron chi connectivity index (χ3n) is 4.38. The zero-order chi connectivity index (χ0) is 16.0. The van der Waals surface area contributed by atoms with Crippen LogP contribution < -0.4 is 0 Å². The lowest BCUT2D eigenvalue weighted by molar-refractivity contribution is 0.00578. The Bertz CT molecular complexity index is 710. The maximum atomic E-state index is 6.09. The molecule has 22 heavy (non-hydrogen) atoms. The minimum atomic E-state index is -0.406. The van der Waals surface area contributed by atoms with Gasteiger partial charge in [0.2, 0.25) is 0 Å². The third-order valence-corrected chi connectivity index (χ3v) is 4.74. The Morgan fingerprint density at radius 2 is 2.00 bits per heavy atom. The summed E-state index contributed by atoms with van der Waals surface area (Å²) in [6, 6.07) is 3.78. The van der Waals surface area contributed by atoms with Crippen molar-refractivity contribution in [2.24, 2.45) is 0 Å². The van der Waals surface area contributed by atoms with Gasteiger partial charge in [-0.05, 0) is 51.4 Å². The second-order valence-electron chi connectivity index (χ2n) is 6.44. The number of fused-ring (bicyclic) bond motifs is 1. The van der Waals surface area contributed by atoms with E-state index in [4.69, 9.17) is 9.31 Å². The van der Waals surface area contributed by atoms with Gasteiger partial charge in [-0.3, -0.25) is 0 Å². The van der Waals surface area contributed by atoms with Gasteiger partial charge in [0.05, 0.1) is 23.1 Å². The predicted molar refractivity (Wildman–Crippen MR) is 90.9 cm³/mol. The first-order valence-corrected chi connectivity index (χ1v) is 7.93. The molecule has 3 heterocycles. The van der Waals surface area contributed by atoms with E-state index in [0.717, 1.165) is 16.8 Å². The molecule has 1 saturated heterocycles. The second kappa shape index (κ2) is 5.40. The molecule has 2 aromatic heterocycles. The van der Waals surface area contributed by atoms with Crippen LogP contribution >= 0.6 is 12.6 Å². The summed E-state index contributed by atoms with van der Waals surface area (Å²) in [5.41, 5.74) is 1.92. The van der Waals surface area contributed by atoms with Gasteiger partial charge in [-0.25, -0.2) is 9.50 Å². The highest BCUT2D eigenvalue weighted by Gasteiger charge is 2.52. The van der Waals surface area contributed by atoms with Crippen LogP contribution in [0.25, 0.3) is 11.7 Å². The summed E-state index contributed by atoms with van der Waals surface area (Å²) >= 11 is 4.43. The Kier molecular flexibility index (Phi) is 3.83. The number of rotatable bonds is 3. The van der Waals surface area contributed by atoms with Crippen molar-refractivity contribution in [2.45, 2.75) is 38.9 Å². The fraction of sp³-hybridized carbons (Fsp3) is 0.467. The fourth-order valence-electron chi connectivity index (χ4n) is 2.32. The highest BCUT2D eigenvalue weighted by molar-refractivity contribution is 7.80. The van der Waals surface area contributed by atoms with Crippen LogP contribution in [0.5, 0.6) is 0 Å². The van der Waals surface area contributed by atoms with Crippen molar-refractivity contribution in [1.29, 1.82) is 0 Å². The van der Waals surface area contributed by atoms with Gasteiger partial charge in [-0.2, -0.15) is 17.7 Å². The Morgan fingerprint density at radius 3 is 2.64 bits per heavy atom. The molecule has 2 aromatic rings. The molecule has 5 nitrogen and oxygen atoms in total. The van der Waals surface area contributed by atoms with E-state index in [1.807, 2.05) is 45.9 Å². The van der Waals surface area contributed by atoms with Crippen LogP contribution in [0.15, 0.2) is 30.0 Å². The number of thiol groups is 1. The highest BCUT2D eigenvalue weighted by atomic mass is 32.1. The van der Waals surface area contributed by atoms with Crippen LogP contribution in [0.3, 0.4) is 0 Å². The number of aromatic nitrogens is 3. The summed E-state index contributed by atoms with van der Waals surface area (Å²) in [5.74, 6) is 0.539. The van der Waals surface area contributed by atoms with E-state index < -0.39 is 7.12 Å². The summed E-state index contributed by atoms with van der Waals surface area (Å²) in [7, 11) is -0.406. The van der Waals surface area contributed by atoms with E-state index in [0.29, 0.717) is 5.75 Å². The van der Waals surface area contributed by atoms with Gasteiger partial charge in [0.15, 0.2) is 5.65 Å². The van der Waals surface area contributed by atoms with Crippen LogP contribution in [0.4, 0.5) is 0 Å². The molecule has 0 saturated carbocycles. The van der Waals surface area contributed by atoms with E-state index in [1.165, 1.54) is 0 Å². The lowest BCUT2D eigenvalue weighted by Gasteiger charge is -2.32. The number of nitrogens with zero attached hydrogens (tertiary/aromatic N) is 3. The van der Waals surface area contributed by atoms with Gasteiger partial charge in [0, 0.05) is 11.9 Å². The molecule has 0 N–H and O–H groups in total. The molecule has 0 atom stereocenters. The Hall–Kier alpha value is -1.31. The molecule has 0 radical (unpaired) electrons. The molecular weight excluding hydrogens is 297 g/mol. The molecule has 1 aliphatic rings. The predicted octanol–water partition coefficient (Wildman–Crippen LogP) is 2.67. The average Bonchev–Trinajstić information content (AvgIpc) is 2.95. The summed E-state index contributed by atoms with van der Waals surface area (Å²) in [6.45, 7) is 8.16. The summed E-state index contributed by atoms with van der Waals surface area (Å²) in [6.07, 6.45) is 5.51. The molecule has 0 amide bonds. The van der Waals surface area contributed by atoms with Gasteiger partial charge in [0.25, 0.3) is 0 Å². The first kappa shape index (κ1) is 15.6. The molecule has 0 spiro atoms. The maximum Gasteiger partial charge on any atom is 0.491 e. The Labute approximate surface area is 136 Å².